The second-order valence-corrected chi connectivity index (χ2v) is 3.07. The van der Waals surface area contributed by atoms with Crippen molar-refractivity contribution in [3.05, 3.63) is 12.7 Å². The van der Waals surface area contributed by atoms with Gasteiger partial charge in [-0.2, -0.15) is 0 Å². The zero-order valence-electron chi connectivity index (χ0n) is 5.90. The first kappa shape index (κ1) is 14.4. The molecule has 0 aliphatic rings. The van der Waals surface area contributed by atoms with Gasteiger partial charge in [-0.1, -0.05) is 6.08 Å². The van der Waals surface area contributed by atoms with Crippen molar-refractivity contribution in [1.29, 1.82) is 0 Å². The van der Waals surface area contributed by atoms with Gasteiger partial charge < -0.3 is 9.79 Å². The van der Waals surface area contributed by atoms with Crippen LogP contribution < -0.4 is 0 Å². The fourth-order valence-corrected chi connectivity index (χ4v) is 0.449. The first-order valence-electron chi connectivity index (χ1n) is 2.45. The van der Waals surface area contributed by atoms with Crippen molar-refractivity contribution in [3.8, 4) is 0 Å². The van der Waals surface area contributed by atoms with Crippen LogP contribution in [-0.4, -0.2) is 26.2 Å². The van der Waals surface area contributed by atoms with Crippen molar-refractivity contribution >= 4 is 16.1 Å². The van der Waals surface area contributed by atoms with Crippen LogP contribution >= 0.6 is 16.1 Å². The highest BCUT2D eigenvalue weighted by molar-refractivity contribution is 7.46. The summed E-state index contributed by atoms with van der Waals surface area (Å²) in [6.45, 7) is 3.07. The van der Waals surface area contributed by atoms with Crippen molar-refractivity contribution in [2.75, 3.05) is 6.61 Å². The normalized spacial score (nSPS) is 9.67. The van der Waals surface area contributed by atoms with Crippen LogP contribution in [0.3, 0.4) is 0 Å². The molecular weight excluding hydrogens is 210 g/mol. The van der Waals surface area contributed by atoms with E-state index in [4.69, 9.17) is 24.1 Å². The van der Waals surface area contributed by atoms with Crippen molar-refractivity contribution in [1.82, 2.24) is 0 Å². The summed E-state index contributed by atoms with van der Waals surface area (Å²) in [4.78, 5) is 30.2. The molecule has 0 aromatic rings. The number of rotatable bonds is 3. The van der Waals surface area contributed by atoms with Gasteiger partial charge in [-0.3, -0.25) is 4.52 Å². The maximum atomic E-state index is 9.81. The molecule has 12 heavy (non-hydrogen) atoms. The monoisotopic (exact) mass is 219 g/mol. The summed E-state index contributed by atoms with van der Waals surface area (Å²) in [5.41, 5.74) is 0. The van der Waals surface area contributed by atoms with Crippen molar-refractivity contribution < 1.29 is 33.2 Å². The van der Waals surface area contributed by atoms with Crippen LogP contribution in [0.5, 0.6) is 0 Å². The topological polar surface area (TPSA) is 124 Å². The maximum Gasteiger partial charge on any atom is 0.692 e. The van der Waals surface area contributed by atoms with E-state index in [2.05, 4.69) is 11.1 Å². The fourth-order valence-electron chi connectivity index (χ4n) is 0.150. The Labute approximate surface area is 69.5 Å². The number of hydrogen-bond donors (Lipinski definition) is 4. The molecule has 7 nitrogen and oxygen atoms in total. The molecule has 0 aromatic carbocycles. The lowest BCUT2D eigenvalue weighted by molar-refractivity contribution is 0.216. The average molecular weight is 219 g/mol. The Morgan fingerprint density at radius 3 is 1.92 bits per heavy atom. The predicted octanol–water partition coefficient (Wildman–Crippen LogP) is -0.0899. The molecule has 72 valence electrons. The molecule has 0 radical (unpaired) electrons. The van der Waals surface area contributed by atoms with Crippen LogP contribution in [-0.2, 0) is 13.7 Å². The molecule has 0 heterocycles. The molecular formula is C3H9O7P2+. The van der Waals surface area contributed by atoms with Crippen LogP contribution in [0.25, 0.3) is 0 Å². The van der Waals surface area contributed by atoms with E-state index in [1.165, 1.54) is 6.08 Å². The molecule has 0 aliphatic carbocycles. The fraction of sp³-hybridized carbons (Fsp3) is 0.333. The maximum absolute atomic E-state index is 9.81. The third-order valence-electron chi connectivity index (χ3n) is 0.361. The Balaban J connectivity index is 0. The lowest BCUT2D eigenvalue weighted by atomic mass is 10.7. The highest BCUT2D eigenvalue weighted by Crippen LogP contribution is 2.35. The van der Waals surface area contributed by atoms with Gasteiger partial charge in [0.2, 0.25) is 0 Å². The zero-order valence-corrected chi connectivity index (χ0v) is 7.69. The Morgan fingerprint density at radius 1 is 1.50 bits per heavy atom. The number of hydrogen-bond acceptors (Lipinski definition) is 3. The van der Waals surface area contributed by atoms with Gasteiger partial charge in [0, 0.05) is 4.57 Å². The van der Waals surface area contributed by atoms with Crippen molar-refractivity contribution in [2.24, 2.45) is 0 Å². The smallest absolute Gasteiger partial charge is 0.303 e. The van der Waals surface area contributed by atoms with E-state index in [1.807, 2.05) is 0 Å². The van der Waals surface area contributed by atoms with Gasteiger partial charge in [-0.15, -0.1) is 16.4 Å². The molecule has 0 saturated heterocycles. The SMILES string of the molecule is C=CCOP(=O)(O)O.O=[P+](O)O. The van der Waals surface area contributed by atoms with E-state index in [9.17, 15) is 4.57 Å². The van der Waals surface area contributed by atoms with Gasteiger partial charge in [0.1, 0.15) is 0 Å². The molecule has 0 atom stereocenters. The van der Waals surface area contributed by atoms with Gasteiger partial charge in [0.15, 0.2) is 0 Å². The Hall–Kier alpha value is -0.130. The van der Waals surface area contributed by atoms with Gasteiger partial charge in [0.25, 0.3) is 0 Å². The Kier molecular flexibility index (Phi) is 9.02. The van der Waals surface area contributed by atoms with Gasteiger partial charge in [-0.25, -0.2) is 4.57 Å². The minimum atomic E-state index is -4.25. The summed E-state index contributed by atoms with van der Waals surface area (Å²) in [6, 6.07) is 0. The number of phosphoric acid groups is 1. The van der Waals surface area contributed by atoms with E-state index < -0.39 is 16.1 Å². The Bertz CT molecular complexity index is 179. The lowest BCUT2D eigenvalue weighted by Crippen LogP contribution is -1.86. The second-order valence-electron chi connectivity index (χ2n) is 1.33. The van der Waals surface area contributed by atoms with E-state index in [0.29, 0.717) is 0 Å². The number of phosphoric ester groups is 1. The van der Waals surface area contributed by atoms with Crippen LogP contribution in [0.2, 0.25) is 0 Å². The summed E-state index contributed by atoms with van der Waals surface area (Å²) < 4.78 is 22.4. The molecule has 0 rings (SSSR count). The predicted molar refractivity (Wildman–Crippen MR) is 40.2 cm³/mol. The van der Waals surface area contributed by atoms with Crippen LogP contribution in [0.15, 0.2) is 12.7 Å². The van der Waals surface area contributed by atoms with Crippen LogP contribution in [0.1, 0.15) is 0 Å². The van der Waals surface area contributed by atoms with E-state index in [1.54, 1.807) is 0 Å². The molecule has 0 fully saturated rings. The molecule has 9 heteroatoms. The van der Waals surface area contributed by atoms with Gasteiger partial charge in [-0.05, 0) is 0 Å². The minimum absolute atomic E-state index is 0.121. The Morgan fingerprint density at radius 2 is 1.83 bits per heavy atom. The molecule has 0 saturated carbocycles. The van der Waals surface area contributed by atoms with Crippen LogP contribution in [0, 0.1) is 0 Å². The van der Waals surface area contributed by atoms with Gasteiger partial charge >= 0.3 is 16.1 Å². The van der Waals surface area contributed by atoms with E-state index in [0.717, 1.165) is 0 Å². The first-order valence-corrected chi connectivity index (χ1v) is 5.15. The van der Waals surface area contributed by atoms with E-state index in [-0.39, 0.29) is 6.61 Å². The molecule has 0 amide bonds. The average Bonchev–Trinajstić information content (AvgIpc) is 1.80. The zero-order chi connectivity index (χ0) is 10.2. The lowest BCUT2D eigenvalue weighted by Gasteiger charge is -1.98. The van der Waals surface area contributed by atoms with Crippen molar-refractivity contribution in [2.45, 2.75) is 0 Å². The molecule has 0 spiro atoms. The molecule has 0 aliphatic heterocycles. The largest absolute Gasteiger partial charge is 0.692 e. The molecule has 0 unspecified atom stereocenters. The van der Waals surface area contributed by atoms with Crippen molar-refractivity contribution in [3.63, 3.8) is 0 Å². The summed E-state index contributed by atoms with van der Waals surface area (Å²) in [5, 5.41) is 0. The van der Waals surface area contributed by atoms with Gasteiger partial charge in [0.05, 0.1) is 6.61 Å². The van der Waals surface area contributed by atoms with Crippen LogP contribution in [0.4, 0.5) is 0 Å². The summed E-state index contributed by atoms with van der Waals surface area (Å²) in [5.74, 6) is 0. The third-order valence-corrected chi connectivity index (χ3v) is 0.846. The summed E-state index contributed by atoms with van der Waals surface area (Å²) >= 11 is 0. The quantitative estimate of drug-likeness (QED) is 0.386. The minimum Gasteiger partial charge on any atom is -0.303 e. The highest BCUT2D eigenvalue weighted by atomic mass is 31.2. The molecule has 0 aromatic heterocycles. The molecule has 0 bridgehead atoms. The summed E-state index contributed by atoms with van der Waals surface area (Å²) in [6.07, 6.45) is 1.26. The second kappa shape index (κ2) is 7.52. The third kappa shape index (κ3) is 32.7. The van der Waals surface area contributed by atoms with E-state index >= 15 is 0 Å². The standard InChI is InChI=1S/C3H7O4P.HO3P/c1-2-3-7-8(4,5)6;1-4(2)3/h2H,1,3H2,(H2,4,5,6);(H-,1,2,3)/p+1. The highest BCUT2D eigenvalue weighted by Gasteiger charge is 2.10. The first-order chi connectivity index (χ1) is 5.29. The summed E-state index contributed by atoms with van der Waals surface area (Å²) in [7, 11) is -7.12. The molecule has 4 N–H and O–H groups in total.